The molecule has 0 aromatic heterocycles. The number of aromatic hydroxyl groups is 1. The molecule has 0 amide bonds. The van der Waals surface area contributed by atoms with Gasteiger partial charge in [-0.3, -0.25) is 15.2 Å². The molecule has 3 rings (SSSR count). The summed E-state index contributed by atoms with van der Waals surface area (Å²) < 4.78 is 10.7. The first-order chi connectivity index (χ1) is 15.8. The second-order valence-corrected chi connectivity index (χ2v) is 8.93. The molecular formula is C27H37N3O3. The monoisotopic (exact) mass is 451 g/mol. The molecule has 0 bridgehead atoms. The molecule has 2 aromatic rings. The number of nitrogens with one attached hydrogen (secondary N) is 1. The highest BCUT2D eigenvalue weighted by molar-refractivity contribution is 6.08. The fourth-order valence-electron chi connectivity index (χ4n) is 4.37. The van der Waals surface area contributed by atoms with Crippen LogP contribution >= 0.6 is 0 Å². The molecule has 0 aliphatic carbocycles. The molecule has 0 unspecified atom stereocenters. The Morgan fingerprint density at radius 2 is 1.79 bits per heavy atom. The third-order valence-electron chi connectivity index (χ3n) is 6.15. The maximum Gasteiger partial charge on any atom is 0.131 e. The van der Waals surface area contributed by atoms with E-state index < -0.39 is 0 Å². The summed E-state index contributed by atoms with van der Waals surface area (Å²) in [6, 6.07) is 11.8. The van der Waals surface area contributed by atoms with E-state index in [1.165, 1.54) is 24.8 Å². The zero-order valence-corrected chi connectivity index (χ0v) is 20.4. The van der Waals surface area contributed by atoms with Crippen LogP contribution in [0.4, 0.5) is 5.69 Å². The van der Waals surface area contributed by atoms with Crippen LogP contribution in [0.3, 0.4) is 0 Å². The summed E-state index contributed by atoms with van der Waals surface area (Å²) >= 11 is 0. The van der Waals surface area contributed by atoms with Crippen LogP contribution in [0, 0.1) is 5.41 Å². The first-order valence-electron chi connectivity index (χ1n) is 11.6. The number of likely N-dealkylation sites (tertiary alicyclic amines) is 1. The lowest BCUT2D eigenvalue weighted by molar-refractivity contribution is 0.221. The predicted octanol–water partition coefficient (Wildman–Crippen LogP) is 5.61. The average molecular weight is 452 g/mol. The van der Waals surface area contributed by atoms with E-state index in [1.54, 1.807) is 25.2 Å². The van der Waals surface area contributed by atoms with Crippen LogP contribution in [0.15, 0.2) is 43.0 Å². The lowest BCUT2D eigenvalue weighted by Gasteiger charge is -2.29. The van der Waals surface area contributed by atoms with Gasteiger partial charge < -0.3 is 14.6 Å². The number of piperidine rings is 1. The van der Waals surface area contributed by atoms with Crippen LogP contribution in [-0.2, 0) is 11.3 Å². The molecule has 6 heteroatoms. The maximum atomic E-state index is 10.8. The number of hydrogen-bond acceptors (Lipinski definition) is 5. The Morgan fingerprint density at radius 1 is 1.12 bits per heavy atom. The number of phenols is 1. The van der Waals surface area contributed by atoms with Gasteiger partial charge in [-0.1, -0.05) is 39.0 Å². The zero-order valence-electron chi connectivity index (χ0n) is 20.4. The molecule has 1 aliphatic heterocycles. The van der Waals surface area contributed by atoms with Crippen LogP contribution in [0.25, 0.3) is 5.70 Å². The van der Waals surface area contributed by atoms with Crippen molar-refractivity contribution in [2.75, 3.05) is 38.8 Å². The Labute approximate surface area is 197 Å². The molecule has 0 spiro atoms. The number of methoxy groups -OCH3 is 2. The molecule has 2 aromatic carbocycles. The third kappa shape index (κ3) is 5.95. The summed E-state index contributed by atoms with van der Waals surface area (Å²) in [5.74, 6) is 1.15. The first-order valence-corrected chi connectivity index (χ1v) is 11.6. The minimum absolute atomic E-state index is 0.0678. The van der Waals surface area contributed by atoms with Crippen LogP contribution in [0.2, 0.25) is 0 Å². The van der Waals surface area contributed by atoms with Crippen molar-refractivity contribution in [3.05, 3.63) is 59.7 Å². The quantitative estimate of drug-likeness (QED) is 0.383. The molecule has 0 radical (unpaired) electrons. The standard InChI is InChI=1S/C27H37N3O3/c1-19(2)23-15-24(25(31)16-26(23)33-5)20(3)30(27(28)18-32-4)22-11-9-21(10-12-22)17-29-13-7-6-8-14-29/h9-12,15-16,19,28,31H,3,6-8,13-14,17-18H2,1-2,4-5H3. The second kappa shape index (κ2) is 11.3. The number of rotatable bonds is 9. The largest absolute Gasteiger partial charge is 0.507 e. The summed E-state index contributed by atoms with van der Waals surface area (Å²) in [4.78, 5) is 4.23. The minimum atomic E-state index is 0.0678. The van der Waals surface area contributed by atoms with Gasteiger partial charge in [-0.05, 0) is 61.2 Å². The van der Waals surface area contributed by atoms with Gasteiger partial charge in [-0.15, -0.1) is 0 Å². The van der Waals surface area contributed by atoms with Crippen LogP contribution < -0.4 is 9.64 Å². The van der Waals surface area contributed by atoms with Gasteiger partial charge in [-0.25, -0.2) is 0 Å². The van der Waals surface area contributed by atoms with Crippen molar-refractivity contribution < 1.29 is 14.6 Å². The van der Waals surface area contributed by atoms with Gasteiger partial charge in [0.2, 0.25) is 0 Å². The highest BCUT2D eigenvalue weighted by atomic mass is 16.5. The van der Waals surface area contributed by atoms with E-state index in [0.717, 1.165) is 30.9 Å². The average Bonchev–Trinajstić information content (AvgIpc) is 2.80. The lowest BCUT2D eigenvalue weighted by atomic mass is 9.97. The second-order valence-electron chi connectivity index (χ2n) is 8.93. The SMILES string of the molecule is C=C(c1cc(C(C)C)c(OC)cc1O)N(C(=N)COC)c1ccc(CN2CCCCC2)cc1. The molecule has 2 N–H and O–H groups in total. The number of benzene rings is 2. The Kier molecular flexibility index (Phi) is 8.53. The van der Waals surface area contributed by atoms with Gasteiger partial charge in [0.25, 0.3) is 0 Å². The molecule has 178 valence electrons. The maximum absolute atomic E-state index is 10.8. The van der Waals surface area contributed by atoms with Gasteiger partial charge in [0.05, 0.1) is 12.8 Å². The molecule has 1 aliphatic rings. The van der Waals surface area contributed by atoms with Gasteiger partial charge in [0, 0.05) is 31.0 Å². The normalized spacial score (nSPS) is 14.3. The Hall–Kier alpha value is -2.83. The van der Waals surface area contributed by atoms with Crippen molar-refractivity contribution in [2.45, 2.75) is 45.6 Å². The fourth-order valence-corrected chi connectivity index (χ4v) is 4.37. The molecular weight excluding hydrogens is 414 g/mol. The Morgan fingerprint density at radius 3 is 2.36 bits per heavy atom. The van der Waals surface area contributed by atoms with Crippen molar-refractivity contribution in [1.29, 1.82) is 5.41 Å². The van der Waals surface area contributed by atoms with Crippen LogP contribution in [0.1, 0.15) is 55.7 Å². The predicted molar refractivity (Wildman–Crippen MR) is 135 cm³/mol. The van der Waals surface area contributed by atoms with Gasteiger partial charge in [0.1, 0.15) is 23.9 Å². The molecule has 1 heterocycles. The van der Waals surface area contributed by atoms with E-state index in [2.05, 4.69) is 37.5 Å². The van der Waals surface area contributed by atoms with Crippen LogP contribution in [0.5, 0.6) is 11.5 Å². The summed E-state index contributed by atoms with van der Waals surface area (Å²) in [5, 5.41) is 19.4. The smallest absolute Gasteiger partial charge is 0.131 e. The van der Waals surface area contributed by atoms with Crippen molar-refractivity contribution in [3.63, 3.8) is 0 Å². The van der Waals surface area contributed by atoms with Gasteiger partial charge in [-0.2, -0.15) is 0 Å². The summed E-state index contributed by atoms with van der Waals surface area (Å²) in [7, 11) is 3.17. The first kappa shape index (κ1) is 24.8. The van der Waals surface area contributed by atoms with E-state index in [9.17, 15) is 5.11 Å². The van der Waals surface area contributed by atoms with E-state index in [1.807, 2.05) is 18.2 Å². The van der Waals surface area contributed by atoms with Crippen LogP contribution in [-0.4, -0.2) is 49.8 Å². The van der Waals surface area contributed by atoms with E-state index in [-0.39, 0.29) is 24.1 Å². The summed E-state index contributed by atoms with van der Waals surface area (Å²) in [5.41, 5.74) is 4.12. The van der Waals surface area contributed by atoms with E-state index >= 15 is 0 Å². The number of amidine groups is 1. The Balaban J connectivity index is 1.92. The highest BCUT2D eigenvalue weighted by Crippen LogP contribution is 2.38. The minimum Gasteiger partial charge on any atom is -0.507 e. The zero-order chi connectivity index (χ0) is 24.0. The summed E-state index contributed by atoms with van der Waals surface area (Å²) in [6.45, 7) is 11.8. The highest BCUT2D eigenvalue weighted by Gasteiger charge is 2.22. The molecule has 0 saturated carbocycles. The topological polar surface area (TPSA) is 69.0 Å². The summed E-state index contributed by atoms with van der Waals surface area (Å²) in [6.07, 6.45) is 3.86. The molecule has 1 fully saturated rings. The van der Waals surface area contributed by atoms with Crippen molar-refractivity contribution in [1.82, 2.24) is 4.90 Å². The number of anilines is 1. The van der Waals surface area contributed by atoms with Crippen molar-refractivity contribution >= 4 is 17.2 Å². The number of ether oxygens (including phenoxy) is 2. The lowest BCUT2D eigenvalue weighted by Crippen LogP contribution is -2.32. The van der Waals surface area contributed by atoms with Crippen molar-refractivity contribution in [3.8, 4) is 11.5 Å². The van der Waals surface area contributed by atoms with Gasteiger partial charge in [0.15, 0.2) is 0 Å². The van der Waals surface area contributed by atoms with E-state index in [4.69, 9.17) is 14.9 Å². The van der Waals surface area contributed by atoms with E-state index in [0.29, 0.717) is 17.0 Å². The Bertz CT molecular complexity index is 963. The molecule has 6 nitrogen and oxygen atoms in total. The van der Waals surface area contributed by atoms with Gasteiger partial charge >= 0.3 is 0 Å². The number of hydrogen-bond donors (Lipinski definition) is 2. The molecule has 33 heavy (non-hydrogen) atoms. The number of nitrogens with zero attached hydrogens (tertiary/aromatic N) is 2. The fraction of sp³-hybridized carbons (Fsp3) is 0.444. The number of phenolic OH excluding ortho intramolecular Hbond substituents is 1. The third-order valence-corrected chi connectivity index (χ3v) is 6.15. The van der Waals surface area contributed by atoms with Crippen molar-refractivity contribution in [2.24, 2.45) is 0 Å². The molecule has 1 saturated heterocycles. The molecule has 0 atom stereocenters.